The summed E-state index contributed by atoms with van der Waals surface area (Å²) in [6.07, 6.45) is -3.15. The number of nitrogens with zero attached hydrogens (tertiary/aromatic N) is 3. The van der Waals surface area contributed by atoms with Gasteiger partial charge in [-0.2, -0.15) is 23.3 Å². The summed E-state index contributed by atoms with van der Waals surface area (Å²) in [5.41, 5.74) is -0.788. The second kappa shape index (κ2) is 7.42. The second-order valence-corrected chi connectivity index (χ2v) is 4.81. The number of hydrogen-bond donors (Lipinski definition) is 2. The third-order valence-corrected chi connectivity index (χ3v) is 3.03. The van der Waals surface area contributed by atoms with Crippen molar-refractivity contribution in [1.82, 2.24) is 15.2 Å². The van der Waals surface area contributed by atoms with Crippen molar-refractivity contribution < 1.29 is 17.9 Å². The van der Waals surface area contributed by atoms with Crippen LogP contribution in [0.1, 0.15) is 5.56 Å². The minimum atomic E-state index is -4.54. The summed E-state index contributed by atoms with van der Waals surface area (Å²) in [6.45, 7) is 0.979. The number of aromatic nitrogens is 3. The lowest BCUT2D eigenvalue weighted by Crippen LogP contribution is -2.11. The van der Waals surface area contributed by atoms with E-state index in [4.69, 9.17) is 16.3 Å². The number of halogens is 4. The van der Waals surface area contributed by atoms with E-state index in [-0.39, 0.29) is 16.7 Å². The van der Waals surface area contributed by atoms with Crippen molar-refractivity contribution in [3.8, 4) is 0 Å². The van der Waals surface area contributed by atoms with Crippen LogP contribution in [-0.2, 0) is 10.9 Å². The molecule has 23 heavy (non-hydrogen) atoms. The number of nitrogens with one attached hydrogen (secondary N) is 2. The zero-order chi connectivity index (χ0) is 16.9. The molecule has 6 nitrogen and oxygen atoms in total. The molecule has 1 aromatic carbocycles. The Morgan fingerprint density at radius 1 is 1.30 bits per heavy atom. The molecule has 2 N–H and O–H groups in total. The molecule has 0 atom stereocenters. The maximum absolute atomic E-state index is 12.8. The number of hydrogen-bond acceptors (Lipinski definition) is 6. The Balaban J connectivity index is 2.14. The molecule has 0 saturated heterocycles. The van der Waals surface area contributed by atoms with Gasteiger partial charge in [-0.25, -0.2) is 0 Å². The molecule has 1 aromatic heterocycles. The van der Waals surface area contributed by atoms with E-state index in [2.05, 4.69) is 25.8 Å². The number of methoxy groups -OCH3 is 1. The fraction of sp³-hybridized carbons (Fsp3) is 0.308. The Morgan fingerprint density at radius 2 is 2.09 bits per heavy atom. The van der Waals surface area contributed by atoms with E-state index in [0.29, 0.717) is 19.0 Å². The van der Waals surface area contributed by atoms with E-state index >= 15 is 0 Å². The maximum Gasteiger partial charge on any atom is 0.417 e. The average molecular weight is 348 g/mol. The van der Waals surface area contributed by atoms with Gasteiger partial charge in [-0.1, -0.05) is 11.6 Å². The lowest BCUT2D eigenvalue weighted by Gasteiger charge is -2.12. The van der Waals surface area contributed by atoms with Gasteiger partial charge in [-0.05, 0) is 18.2 Å². The highest BCUT2D eigenvalue weighted by atomic mass is 35.5. The second-order valence-electron chi connectivity index (χ2n) is 4.40. The summed E-state index contributed by atoms with van der Waals surface area (Å²) in [5, 5.41) is 12.7. The van der Waals surface area contributed by atoms with Crippen molar-refractivity contribution in [3.63, 3.8) is 0 Å². The molecule has 2 rings (SSSR count). The van der Waals surface area contributed by atoms with Crippen LogP contribution in [0.25, 0.3) is 0 Å². The standard InChI is InChI=1S/C13H13ClF3N5O/c1-23-5-4-18-11-7-19-22-12(21-11)20-8-2-3-10(14)9(6-8)13(15,16)17/h2-3,6-7H,4-5H2,1H3,(H2,18,20,21,22). The van der Waals surface area contributed by atoms with Gasteiger partial charge in [0.1, 0.15) is 0 Å². The van der Waals surface area contributed by atoms with Crippen LogP contribution in [0, 0.1) is 0 Å². The van der Waals surface area contributed by atoms with Gasteiger partial charge < -0.3 is 15.4 Å². The highest BCUT2D eigenvalue weighted by Gasteiger charge is 2.33. The molecule has 0 unspecified atom stereocenters. The lowest BCUT2D eigenvalue weighted by molar-refractivity contribution is -0.137. The first kappa shape index (κ1) is 17.2. The van der Waals surface area contributed by atoms with E-state index in [0.717, 1.165) is 12.1 Å². The number of benzene rings is 1. The highest BCUT2D eigenvalue weighted by molar-refractivity contribution is 6.31. The van der Waals surface area contributed by atoms with Crippen LogP contribution >= 0.6 is 11.6 Å². The third kappa shape index (κ3) is 4.93. The van der Waals surface area contributed by atoms with Crippen molar-refractivity contribution in [2.75, 3.05) is 30.9 Å². The molecule has 0 bridgehead atoms. The molecule has 0 aliphatic heterocycles. The van der Waals surface area contributed by atoms with E-state index in [1.807, 2.05) is 0 Å². The Morgan fingerprint density at radius 3 is 2.78 bits per heavy atom. The molecule has 0 fully saturated rings. The van der Waals surface area contributed by atoms with Gasteiger partial charge in [0, 0.05) is 19.3 Å². The fourth-order valence-corrected chi connectivity index (χ4v) is 1.90. The van der Waals surface area contributed by atoms with Gasteiger partial charge in [0.2, 0.25) is 5.95 Å². The molecular formula is C13H13ClF3N5O. The normalized spacial score (nSPS) is 11.3. The van der Waals surface area contributed by atoms with E-state index < -0.39 is 11.7 Å². The minimum absolute atomic E-state index is 0.0582. The highest BCUT2D eigenvalue weighted by Crippen LogP contribution is 2.36. The summed E-state index contributed by atoms with van der Waals surface area (Å²) in [4.78, 5) is 4.09. The summed E-state index contributed by atoms with van der Waals surface area (Å²) >= 11 is 5.57. The minimum Gasteiger partial charge on any atom is -0.383 e. The monoisotopic (exact) mass is 347 g/mol. The predicted molar refractivity (Wildman–Crippen MR) is 79.9 cm³/mol. The molecule has 124 valence electrons. The van der Waals surface area contributed by atoms with Gasteiger partial charge in [-0.15, -0.1) is 5.10 Å². The molecule has 0 aliphatic carbocycles. The van der Waals surface area contributed by atoms with Crippen LogP contribution in [0.4, 0.5) is 30.6 Å². The third-order valence-electron chi connectivity index (χ3n) is 2.70. The van der Waals surface area contributed by atoms with Gasteiger partial charge in [0.05, 0.1) is 23.4 Å². The topological polar surface area (TPSA) is 72.0 Å². The first-order chi connectivity index (χ1) is 10.9. The maximum atomic E-state index is 12.8. The summed E-state index contributed by atoms with van der Waals surface area (Å²) in [6, 6.07) is 3.43. The lowest BCUT2D eigenvalue weighted by atomic mass is 10.2. The van der Waals surface area contributed by atoms with Crippen molar-refractivity contribution in [1.29, 1.82) is 0 Å². The molecule has 0 amide bonds. The Labute approximate surface area is 135 Å². The first-order valence-electron chi connectivity index (χ1n) is 6.46. The molecule has 0 radical (unpaired) electrons. The van der Waals surface area contributed by atoms with Crippen molar-refractivity contribution in [2.45, 2.75) is 6.18 Å². The van der Waals surface area contributed by atoms with Crippen molar-refractivity contribution >= 4 is 29.1 Å². The van der Waals surface area contributed by atoms with Gasteiger partial charge in [0.25, 0.3) is 0 Å². The van der Waals surface area contributed by atoms with Gasteiger partial charge >= 0.3 is 6.18 Å². The van der Waals surface area contributed by atoms with Crippen molar-refractivity contribution in [2.24, 2.45) is 0 Å². The molecular weight excluding hydrogens is 335 g/mol. The number of ether oxygens (including phenoxy) is 1. The summed E-state index contributed by atoms with van der Waals surface area (Å²) in [5.74, 6) is 0.479. The fourth-order valence-electron chi connectivity index (χ4n) is 1.67. The molecule has 2 aromatic rings. The largest absolute Gasteiger partial charge is 0.417 e. The quantitative estimate of drug-likeness (QED) is 0.781. The number of alkyl halides is 3. The Bertz CT molecular complexity index is 668. The zero-order valence-corrected chi connectivity index (χ0v) is 12.7. The predicted octanol–water partition coefficient (Wildman–Crippen LogP) is 3.35. The number of rotatable bonds is 6. The Kier molecular flexibility index (Phi) is 5.56. The molecule has 0 aliphatic rings. The summed E-state index contributed by atoms with van der Waals surface area (Å²) < 4.78 is 43.4. The van der Waals surface area contributed by atoms with Crippen LogP contribution in [0.5, 0.6) is 0 Å². The van der Waals surface area contributed by atoms with Crippen LogP contribution in [-0.4, -0.2) is 35.4 Å². The smallest absolute Gasteiger partial charge is 0.383 e. The van der Waals surface area contributed by atoms with Gasteiger partial charge in [0.15, 0.2) is 5.82 Å². The Hall–Kier alpha value is -2.13. The van der Waals surface area contributed by atoms with E-state index in [9.17, 15) is 13.2 Å². The molecule has 0 saturated carbocycles. The van der Waals surface area contributed by atoms with E-state index in [1.54, 1.807) is 7.11 Å². The van der Waals surface area contributed by atoms with Gasteiger partial charge in [-0.3, -0.25) is 0 Å². The molecule has 1 heterocycles. The van der Waals surface area contributed by atoms with Crippen LogP contribution < -0.4 is 10.6 Å². The van der Waals surface area contributed by atoms with Crippen molar-refractivity contribution in [3.05, 3.63) is 35.0 Å². The van der Waals surface area contributed by atoms with E-state index in [1.165, 1.54) is 12.3 Å². The van der Waals surface area contributed by atoms with Crippen LogP contribution in [0.2, 0.25) is 5.02 Å². The number of anilines is 3. The van der Waals surface area contributed by atoms with Crippen LogP contribution in [0.3, 0.4) is 0 Å². The van der Waals surface area contributed by atoms with Crippen LogP contribution in [0.15, 0.2) is 24.4 Å². The molecule has 0 spiro atoms. The summed E-state index contributed by atoms with van der Waals surface area (Å²) in [7, 11) is 1.56. The first-order valence-corrected chi connectivity index (χ1v) is 6.84. The SMILES string of the molecule is COCCNc1cnnc(Nc2ccc(Cl)c(C(F)(F)F)c2)n1. The zero-order valence-electron chi connectivity index (χ0n) is 12.0. The average Bonchev–Trinajstić information content (AvgIpc) is 2.49. The molecule has 10 heteroatoms.